The van der Waals surface area contributed by atoms with E-state index in [2.05, 4.69) is 4.90 Å². The van der Waals surface area contributed by atoms with Crippen LogP contribution in [-0.4, -0.2) is 46.8 Å². The van der Waals surface area contributed by atoms with Crippen molar-refractivity contribution in [3.63, 3.8) is 0 Å². The largest absolute Gasteiger partial charge is 0.482 e. The summed E-state index contributed by atoms with van der Waals surface area (Å²) >= 11 is 6.28. The number of benzene rings is 3. The molecule has 3 aromatic rings. The molecule has 0 saturated carbocycles. The third kappa shape index (κ3) is 5.73. The smallest absolute Gasteiger partial charge is 0.311 e. The van der Waals surface area contributed by atoms with Gasteiger partial charge in [0.25, 0.3) is 5.91 Å². The number of nitro groups is 1. The van der Waals surface area contributed by atoms with Crippen LogP contribution in [0.5, 0.6) is 5.75 Å². The van der Waals surface area contributed by atoms with E-state index in [1.165, 1.54) is 6.07 Å². The zero-order valence-electron chi connectivity index (χ0n) is 18.9. The lowest BCUT2D eigenvalue weighted by atomic mass is 10.1. The van der Waals surface area contributed by atoms with E-state index in [1.807, 2.05) is 41.3 Å². The highest BCUT2D eigenvalue weighted by atomic mass is 35.5. The van der Waals surface area contributed by atoms with E-state index in [0.717, 1.165) is 41.3 Å². The number of amides is 1. The van der Waals surface area contributed by atoms with Gasteiger partial charge in [-0.05, 0) is 47.9 Å². The second-order valence-corrected chi connectivity index (χ2v) is 8.78. The van der Waals surface area contributed by atoms with Crippen LogP contribution >= 0.6 is 11.6 Å². The molecule has 0 bridgehead atoms. The van der Waals surface area contributed by atoms with Crippen LogP contribution in [0, 0.1) is 17.0 Å². The number of piperazine rings is 1. The van der Waals surface area contributed by atoms with E-state index >= 15 is 0 Å². The van der Waals surface area contributed by atoms with Crippen LogP contribution in [0.3, 0.4) is 0 Å². The van der Waals surface area contributed by atoms with Crippen molar-refractivity contribution in [2.45, 2.75) is 20.1 Å². The van der Waals surface area contributed by atoms with Gasteiger partial charge in [-0.2, -0.15) is 0 Å². The molecule has 3 aromatic carbocycles. The number of nitro benzene ring substituents is 1. The fourth-order valence-electron chi connectivity index (χ4n) is 4.01. The maximum Gasteiger partial charge on any atom is 0.311 e. The van der Waals surface area contributed by atoms with Crippen molar-refractivity contribution in [2.24, 2.45) is 0 Å². The molecular weight excluding hydrogens is 454 g/mol. The maximum absolute atomic E-state index is 13.1. The molecule has 1 aliphatic rings. The number of carbonyl (C=O) groups is 1. The van der Waals surface area contributed by atoms with E-state index in [-0.39, 0.29) is 24.0 Å². The van der Waals surface area contributed by atoms with E-state index in [0.29, 0.717) is 18.7 Å². The first-order valence-electron chi connectivity index (χ1n) is 11.1. The van der Waals surface area contributed by atoms with Crippen LogP contribution in [0.2, 0.25) is 5.02 Å². The van der Waals surface area contributed by atoms with Crippen LogP contribution in [0.15, 0.2) is 66.7 Å². The molecule has 1 amide bonds. The minimum Gasteiger partial charge on any atom is -0.482 e. The van der Waals surface area contributed by atoms with Gasteiger partial charge < -0.3 is 9.64 Å². The van der Waals surface area contributed by atoms with E-state index in [4.69, 9.17) is 16.3 Å². The summed E-state index contributed by atoms with van der Waals surface area (Å²) < 4.78 is 5.72. The molecule has 0 aliphatic carbocycles. The van der Waals surface area contributed by atoms with Gasteiger partial charge in [-0.15, -0.1) is 0 Å². The summed E-state index contributed by atoms with van der Waals surface area (Å²) in [5.74, 6) is 0.183. The third-order valence-corrected chi connectivity index (χ3v) is 6.26. The molecular formula is C26H26ClN3O4. The van der Waals surface area contributed by atoms with Gasteiger partial charge >= 0.3 is 5.69 Å². The van der Waals surface area contributed by atoms with Gasteiger partial charge in [0, 0.05) is 49.4 Å². The number of carbonyl (C=O) groups excluding carboxylic acids is 1. The van der Waals surface area contributed by atoms with Crippen molar-refractivity contribution in [3.8, 4) is 5.75 Å². The average molecular weight is 480 g/mol. The Balaban J connectivity index is 1.35. The number of hydrogen-bond donors (Lipinski definition) is 0. The highest BCUT2D eigenvalue weighted by Gasteiger charge is 2.23. The van der Waals surface area contributed by atoms with Crippen molar-refractivity contribution in [2.75, 3.05) is 26.2 Å². The first kappa shape index (κ1) is 23.7. The lowest BCUT2D eigenvalue weighted by Crippen LogP contribution is -2.48. The Labute approximate surface area is 203 Å². The monoisotopic (exact) mass is 479 g/mol. The second kappa shape index (κ2) is 10.7. The van der Waals surface area contributed by atoms with Gasteiger partial charge in [0.05, 0.1) is 4.92 Å². The van der Waals surface area contributed by atoms with Crippen molar-refractivity contribution >= 4 is 23.2 Å². The number of nitrogens with zero attached hydrogens (tertiary/aromatic N) is 3. The fourth-order valence-corrected chi connectivity index (χ4v) is 4.20. The van der Waals surface area contributed by atoms with Gasteiger partial charge in [-0.25, -0.2) is 0 Å². The zero-order chi connectivity index (χ0) is 24.1. The summed E-state index contributed by atoms with van der Waals surface area (Å²) in [5.41, 5.74) is 3.17. The van der Waals surface area contributed by atoms with Crippen molar-refractivity contribution < 1.29 is 14.5 Å². The Hall–Kier alpha value is -3.42. The van der Waals surface area contributed by atoms with Crippen molar-refractivity contribution in [1.29, 1.82) is 0 Å². The Kier molecular flexibility index (Phi) is 7.45. The normalized spacial score (nSPS) is 14.1. The highest BCUT2D eigenvalue weighted by Crippen LogP contribution is 2.28. The lowest BCUT2D eigenvalue weighted by Gasteiger charge is -2.35. The third-order valence-electron chi connectivity index (χ3n) is 5.89. The Morgan fingerprint density at radius 2 is 1.79 bits per heavy atom. The molecule has 8 heteroatoms. The number of rotatable bonds is 7. The minimum atomic E-state index is -0.451. The quantitative estimate of drug-likeness (QED) is 0.348. The first-order chi connectivity index (χ1) is 16.4. The SMILES string of the molecule is Cc1ccc(OCc2cccc(C(=O)N3CCN(Cc4ccccc4Cl)CC3)c2)c([N+](=O)[O-])c1. The van der Waals surface area contributed by atoms with Gasteiger partial charge in [0.2, 0.25) is 0 Å². The molecule has 0 radical (unpaired) electrons. The predicted molar refractivity (Wildman–Crippen MR) is 131 cm³/mol. The van der Waals surface area contributed by atoms with Crippen molar-refractivity contribution in [3.05, 3.63) is 104 Å². The average Bonchev–Trinajstić information content (AvgIpc) is 2.85. The van der Waals surface area contributed by atoms with E-state index < -0.39 is 4.92 Å². The number of ether oxygens (including phenoxy) is 1. The molecule has 34 heavy (non-hydrogen) atoms. The second-order valence-electron chi connectivity index (χ2n) is 8.38. The molecule has 0 N–H and O–H groups in total. The molecule has 0 atom stereocenters. The molecule has 4 rings (SSSR count). The maximum atomic E-state index is 13.1. The highest BCUT2D eigenvalue weighted by molar-refractivity contribution is 6.31. The number of halogens is 1. The Morgan fingerprint density at radius 3 is 2.53 bits per heavy atom. The van der Waals surface area contributed by atoms with Crippen LogP contribution in [0.1, 0.15) is 27.0 Å². The summed E-state index contributed by atoms with van der Waals surface area (Å²) in [4.78, 5) is 28.1. The summed E-state index contributed by atoms with van der Waals surface area (Å²) in [7, 11) is 0. The standard InChI is InChI=1S/C26H26ClN3O4/c1-19-9-10-25(24(15-19)30(32)33)34-18-20-5-4-7-21(16-20)26(31)29-13-11-28(12-14-29)17-22-6-2-3-8-23(22)27/h2-10,15-16H,11-14,17-18H2,1H3. The van der Waals surface area contributed by atoms with E-state index in [9.17, 15) is 14.9 Å². The topological polar surface area (TPSA) is 75.9 Å². The molecule has 0 aromatic heterocycles. The van der Waals surface area contributed by atoms with Crippen LogP contribution in [-0.2, 0) is 13.2 Å². The molecule has 0 unspecified atom stereocenters. The zero-order valence-corrected chi connectivity index (χ0v) is 19.7. The van der Waals surface area contributed by atoms with Crippen LogP contribution < -0.4 is 4.74 Å². The molecule has 1 aliphatic heterocycles. The van der Waals surface area contributed by atoms with Gasteiger partial charge in [0.1, 0.15) is 6.61 Å². The predicted octanol–water partition coefficient (Wildman–Crippen LogP) is 5.09. The number of hydrogen-bond acceptors (Lipinski definition) is 5. The molecule has 7 nitrogen and oxygen atoms in total. The minimum absolute atomic E-state index is 0.0273. The molecule has 176 valence electrons. The lowest BCUT2D eigenvalue weighted by molar-refractivity contribution is -0.386. The molecule has 1 heterocycles. The first-order valence-corrected chi connectivity index (χ1v) is 11.5. The Bertz CT molecular complexity index is 1190. The molecule has 1 fully saturated rings. The van der Waals surface area contributed by atoms with E-state index in [1.54, 1.807) is 31.2 Å². The van der Waals surface area contributed by atoms with Gasteiger partial charge in [-0.1, -0.05) is 48.0 Å². The van der Waals surface area contributed by atoms with Crippen LogP contribution in [0.4, 0.5) is 5.69 Å². The summed E-state index contributed by atoms with van der Waals surface area (Å²) in [6.07, 6.45) is 0. The van der Waals surface area contributed by atoms with Gasteiger partial charge in [-0.3, -0.25) is 19.8 Å². The summed E-state index contributed by atoms with van der Waals surface area (Å²) in [5, 5.41) is 12.1. The number of aryl methyl sites for hydroxylation is 1. The summed E-state index contributed by atoms with van der Waals surface area (Å²) in [6, 6.07) is 19.9. The van der Waals surface area contributed by atoms with Crippen LogP contribution in [0.25, 0.3) is 0 Å². The van der Waals surface area contributed by atoms with Crippen molar-refractivity contribution in [1.82, 2.24) is 9.80 Å². The Morgan fingerprint density at radius 1 is 1.03 bits per heavy atom. The fraction of sp³-hybridized carbons (Fsp3) is 0.269. The summed E-state index contributed by atoms with van der Waals surface area (Å²) in [6.45, 7) is 5.52. The van der Waals surface area contributed by atoms with Gasteiger partial charge in [0.15, 0.2) is 5.75 Å². The molecule has 0 spiro atoms. The molecule has 1 saturated heterocycles.